The summed E-state index contributed by atoms with van der Waals surface area (Å²) >= 11 is 0. The monoisotopic (exact) mass is 625 g/mol. The van der Waals surface area contributed by atoms with E-state index in [0.29, 0.717) is 11.4 Å². The van der Waals surface area contributed by atoms with E-state index in [0.717, 1.165) is 22.0 Å². The highest BCUT2D eigenvalue weighted by atomic mass is 16.4. The van der Waals surface area contributed by atoms with Gasteiger partial charge in [0.15, 0.2) is 0 Å². The van der Waals surface area contributed by atoms with Gasteiger partial charge in [0.25, 0.3) is 0 Å². The Labute approximate surface area is 263 Å². The number of amides is 3. The molecule has 3 amide bonds. The molecule has 5 aromatic rings. The Morgan fingerprint density at radius 3 is 1.85 bits per heavy atom. The van der Waals surface area contributed by atoms with Gasteiger partial charge in [-0.1, -0.05) is 48.5 Å². The van der Waals surface area contributed by atoms with Crippen molar-refractivity contribution in [3.8, 4) is 0 Å². The van der Waals surface area contributed by atoms with Gasteiger partial charge < -0.3 is 41.7 Å². The number of aromatic amines is 3. The Hall–Kier alpha value is -5.76. The molecule has 0 saturated carbocycles. The number of carboxylic acid groups (broad SMARTS) is 1. The number of carboxylic acids is 1. The highest BCUT2D eigenvalue weighted by Crippen LogP contribution is 2.19. The number of fused-ring (bicyclic) bond motifs is 1. The molecular weight excluding hydrogens is 590 g/mol. The fourth-order valence-electron chi connectivity index (χ4n) is 5.15. The van der Waals surface area contributed by atoms with Gasteiger partial charge in [-0.3, -0.25) is 14.4 Å². The van der Waals surface area contributed by atoms with Crippen molar-refractivity contribution in [1.29, 1.82) is 0 Å². The smallest absolute Gasteiger partial charge is 0.326 e. The van der Waals surface area contributed by atoms with E-state index in [1.54, 1.807) is 36.5 Å². The maximum Gasteiger partial charge on any atom is 0.326 e. The van der Waals surface area contributed by atoms with Crippen LogP contribution < -0.4 is 21.7 Å². The van der Waals surface area contributed by atoms with E-state index in [2.05, 4.69) is 40.9 Å². The Balaban J connectivity index is 1.31. The first kappa shape index (κ1) is 31.7. The van der Waals surface area contributed by atoms with E-state index >= 15 is 0 Å². The zero-order valence-corrected chi connectivity index (χ0v) is 24.8. The van der Waals surface area contributed by atoms with Gasteiger partial charge in [-0.2, -0.15) is 0 Å². The number of nitrogens with zero attached hydrogens (tertiary/aromatic N) is 2. The Morgan fingerprint density at radius 1 is 0.696 bits per heavy atom. The molecule has 0 spiro atoms. The molecule has 14 nitrogen and oxygen atoms in total. The number of aromatic nitrogens is 5. The van der Waals surface area contributed by atoms with Gasteiger partial charge in [-0.15, -0.1) is 0 Å². The number of nitrogens with one attached hydrogen (secondary N) is 6. The summed E-state index contributed by atoms with van der Waals surface area (Å²) in [6, 6.07) is 12.0. The van der Waals surface area contributed by atoms with Gasteiger partial charge >= 0.3 is 5.97 Å². The number of para-hydroxylation sites is 1. The molecule has 4 unspecified atom stereocenters. The van der Waals surface area contributed by atoms with E-state index in [-0.39, 0.29) is 25.7 Å². The summed E-state index contributed by atoms with van der Waals surface area (Å²) in [6.07, 6.45) is 7.97. The minimum atomic E-state index is -1.25. The third kappa shape index (κ3) is 8.24. The van der Waals surface area contributed by atoms with E-state index in [1.807, 2.05) is 24.3 Å². The van der Waals surface area contributed by atoms with Crippen molar-refractivity contribution in [3.63, 3.8) is 0 Å². The third-order valence-corrected chi connectivity index (χ3v) is 7.57. The fraction of sp³-hybridized carbons (Fsp3) is 0.250. The standard InChI is InChI=1S/C32H35N9O5/c33-24(11-20-14-36-25-9-5-4-8-23(20)25)29(42)39-26(12-21-15-34-17-37-21)30(43)40-27(13-22-16-35-18-38-22)31(44)41-28(32(45)46)10-19-6-2-1-3-7-19/h1-9,14-18,24,26-28,36H,10-13,33H2,(H,34,37)(H,35,38)(H,39,42)(H,40,43)(H,41,44)(H,45,46). The van der Waals surface area contributed by atoms with Crippen molar-refractivity contribution in [3.05, 3.63) is 108 Å². The van der Waals surface area contributed by atoms with E-state index < -0.39 is 47.9 Å². The molecule has 0 aliphatic carbocycles. The molecule has 46 heavy (non-hydrogen) atoms. The zero-order chi connectivity index (χ0) is 32.5. The van der Waals surface area contributed by atoms with Crippen molar-refractivity contribution in [1.82, 2.24) is 40.9 Å². The summed E-state index contributed by atoms with van der Waals surface area (Å²) in [6.45, 7) is 0. The quantitative estimate of drug-likeness (QED) is 0.0827. The summed E-state index contributed by atoms with van der Waals surface area (Å²) in [7, 11) is 0. The normalized spacial score (nSPS) is 13.8. The van der Waals surface area contributed by atoms with Gasteiger partial charge in [-0.05, 0) is 23.6 Å². The number of hydrogen-bond donors (Lipinski definition) is 8. The average molecular weight is 626 g/mol. The first-order valence-corrected chi connectivity index (χ1v) is 14.7. The number of hydrogen-bond acceptors (Lipinski definition) is 7. The summed E-state index contributed by atoms with van der Waals surface area (Å²) < 4.78 is 0. The van der Waals surface area contributed by atoms with Crippen LogP contribution in [0.2, 0.25) is 0 Å². The van der Waals surface area contributed by atoms with Crippen LogP contribution in [0.5, 0.6) is 0 Å². The van der Waals surface area contributed by atoms with Crippen LogP contribution in [0, 0.1) is 0 Å². The molecule has 2 aromatic carbocycles. The highest BCUT2D eigenvalue weighted by molar-refractivity contribution is 5.94. The number of nitrogens with two attached hydrogens (primary N) is 1. The number of aliphatic carboxylic acids is 1. The van der Waals surface area contributed by atoms with Gasteiger partial charge in [0.05, 0.1) is 18.7 Å². The minimum absolute atomic E-state index is 0.0138. The average Bonchev–Trinajstić information content (AvgIpc) is 3.84. The molecule has 14 heteroatoms. The predicted octanol–water partition coefficient (Wildman–Crippen LogP) is 0.751. The topological polar surface area (TPSA) is 224 Å². The maximum atomic E-state index is 13.7. The van der Waals surface area contributed by atoms with Crippen LogP contribution in [-0.2, 0) is 44.9 Å². The lowest BCUT2D eigenvalue weighted by Gasteiger charge is -2.25. The fourth-order valence-corrected chi connectivity index (χ4v) is 5.15. The molecule has 5 rings (SSSR count). The highest BCUT2D eigenvalue weighted by Gasteiger charge is 2.31. The molecule has 0 aliphatic rings. The van der Waals surface area contributed by atoms with Crippen molar-refractivity contribution in [2.45, 2.75) is 49.9 Å². The number of carbonyl (C=O) groups is 4. The first-order valence-electron chi connectivity index (χ1n) is 14.7. The second-order valence-electron chi connectivity index (χ2n) is 10.9. The Kier molecular flexibility index (Phi) is 10.2. The van der Waals surface area contributed by atoms with Crippen molar-refractivity contribution >= 4 is 34.6 Å². The minimum Gasteiger partial charge on any atom is -0.480 e. The molecule has 238 valence electrons. The molecule has 3 aromatic heterocycles. The maximum absolute atomic E-state index is 13.7. The molecule has 0 saturated heterocycles. The van der Waals surface area contributed by atoms with Gasteiger partial charge in [0, 0.05) is 60.1 Å². The van der Waals surface area contributed by atoms with Gasteiger partial charge in [-0.25, -0.2) is 14.8 Å². The molecule has 3 heterocycles. The van der Waals surface area contributed by atoms with E-state index in [4.69, 9.17) is 5.73 Å². The largest absolute Gasteiger partial charge is 0.480 e. The molecule has 0 aliphatic heterocycles. The molecular formula is C32H35N9O5. The van der Waals surface area contributed by atoms with Crippen LogP contribution in [0.3, 0.4) is 0 Å². The molecule has 0 radical (unpaired) electrons. The van der Waals surface area contributed by atoms with Crippen molar-refractivity contribution < 1.29 is 24.3 Å². The number of benzene rings is 2. The number of carbonyl (C=O) groups excluding carboxylic acids is 3. The van der Waals surface area contributed by atoms with E-state index in [1.165, 1.54) is 25.0 Å². The van der Waals surface area contributed by atoms with Gasteiger partial charge in [0.2, 0.25) is 17.7 Å². The van der Waals surface area contributed by atoms with Gasteiger partial charge in [0.1, 0.15) is 18.1 Å². The van der Waals surface area contributed by atoms with Crippen LogP contribution in [0.15, 0.2) is 85.8 Å². The SMILES string of the molecule is NC(Cc1c[nH]c2ccccc12)C(=O)NC(Cc1cnc[nH]1)C(=O)NC(Cc1cnc[nH]1)C(=O)NC(Cc1ccccc1)C(=O)O. The lowest BCUT2D eigenvalue weighted by atomic mass is 10.0. The lowest BCUT2D eigenvalue weighted by molar-refractivity contribution is -0.142. The molecule has 0 fully saturated rings. The summed E-state index contributed by atoms with van der Waals surface area (Å²) in [5.41, 5.74) is 9.88. The molecule has 0 bridgehead atoms. The number of rotatable bonds is 15. The first-order chi connectivity index (χ1) is 22.3. The van der Waals surface area contributed by atoms with E-state index in [9.17, 15) is 24.3 Å². The van der Waals surface area contributed by atoms with Crippen LogP contribution in [-0.4, -0.2) is 77.9 Å². The lowest BCUT2D eigenvalue weighted by Crippen LogP contribution is -2.58. The third-order valence-electron chi connectivity index (χ3n) is 7.57. The summed E-state index contributed by atoms with van der Waals surface area (Å²) in [5.74, 6) is -3.17. The molecule has 9 N–H and O–H groups in total. The van der Waals surface area contributed by atoms with Crippen molar-refractivity contribution in [2.75, 3.05) is 0 Å². The Bertz CT molecular complexity index is 1750. The van der Waals surface area contributed by atoms with Crippen LogP contribution in [0.4, 0.5) is 0 Å². The zero-order valence-electron chi connectivity index (χ0n) is 24.8. The second kappa shape index (κ2) is 14.8. The summed E-state index contributed by atoms with van der Waals surface area (Å²) in [5, 5.41) is 18.8. The number of imidazole rings is 2. The molecule has 4 atom stereocenters. The Morgan fingerprint density at radius 2 is 1.26 bits per heavy atom. The second-order valence-corrected chi connectivity index (χ2v) is 10.9. The van der Waals surface area contributed by atoms with Crippen LogP contribution in [0.25, 0.3) is 10.9 Å². The van der Waals surface area contributed by atoms with Crippen molar-refractivity contribution in [2.24, 2.45) is 5.73 Å². The van der Waals surface area contributed by atoms with Crippen LogP contribution in [0.1, 0.15) is 22.5 Å². The van der Waals surface area contributed by atoms with Crippen LogP contribution >= 0.6 is 0 Å². The number of H-pyrrole nitrogens is 3. The predicted molar refractivity (Wildman–Crippen MR) is 168 cm³/mol. The summed E-state index contributed by atoms with van der Waals surface area (Å²) in [4.78, 5) is 69.6.